The fourth-order valence-corrected chi connectivity index (χ4v) is 2.29. The maximum absolute atomic E-state index is 11.8. The lowest BCUT2D eigenvalue weighted by Gasteiger charge is -2.28. The van der Waals surface area contributed by atoms with Crippen LogP contribution in [-0.2, 0) is 14.3 Å². The topological polar surface area (TPSA) is 78.9 Å². The number of carboxylic acids is 1. The molecule has 2 unspecified atom stereocenters. The number of carbonyl (C=O) groups excluding carboxylic acids is 1. The summed E-state index contributed by atoms with van der Waals surface area (Å²) in [6, 6.07) is 0.142. The molecule has 0 radical (unpaired) electrons. The molecule has 0 bridgehead atoms. The van der Waals surface area contributed by atoms with Crippen molar-refractivity contribution in [2.24, 2.45) is 5.92 Å². The van der Waals surface area contributed by atoms with Gasteiger partial charge in [0.25, 0.3) is 0 Å². The first-order chi connectivity index (χ1) is 8.61. The summed E-state index contributed by atoms with van der Waals surface area (Å²) in [5.74, 6) is -1.40. The first-order valence-corrected chi connectivity index (χ1v) is 6.45. The summed E-state index contributed by atoms with van der Waals surface area (Å²) in [6.07, 6.45) is 2.12. The second-order valence-corrected chi connectivity index (χ2v) is 4.95. The SMILES string of the molecule is CCN(CC(=O)NC1CC1)C1COCC1C(=O)O. The standard InChI is InChI=1S/C12H20N2O4/c1-2-14(5-11(15)13-8-3-4-8)10-7-18-6-9(10)12(16)17/h8-10H,2-7H2,1H3,(H,13,15)(H,16,17). The number of hydrogen-bond acceptors (Lipinski definition) is 4. The van der Waals surface area contributed by atoms with Crippen molar-refractivity contribution in [3.05, 3.63) is 0 Å². The molecule has 2 atom stereocenters. The maximum atomic E-state index is 11.8. The molecule has 1 aliphatic heterocycles. The van der Waals surface area contributed by atoms with E-state index in [1.165, 1.54) is 0 Å². The van der Waals surface area contributed by atoms with Crippen LogP contribution in [0.1, 0.15) is 19.8 Å². The number of nitrogens with zero attached hydrogens (tertiary/aromatic N) is 1. The molecule has 2 N–H and O–H groups in total. The summed E-state index contributed by atoms with van der Waals surface area (Å²) in [6.45, 7) is 3.46. The molecular formula is C12H20N2O4. The molecule has 1 aliphatic carbocycles. The van der Waals surface area contributed by atoms with Gasteiger partial charge in [0.1, 0.15) is 0 Å². The predicted molar refractivity (Wildman–Crippen MR) is 64.1 cm³/mol. The monoisotopic (exact) mass is 256 g/mol. The van der Waals surface area contributed by atoms with Gasteiger partial charge in [0.15, 0.2) is 0 Å². The van der Waals surface area contributed by atoms with Crippen LogP contribution < -0.4 is 5.32 Å². The molecule has 2 fully saturated rings. The van der Waals surface area contributed by atoms with E-state index in [4.69, 9.17) is 9.84 Å². The molecule has 0 aromatic carbocycles. The number of carboxylic acid groups (broad SMARTS) is 1. The van der Waals surface area contributed by atoms with Crippen molar-refractivity contribution in [2.75, 3.05) is 26.3 Å². The number of carbonyl (C=O) groups is 2. The minimum Gasteiger partial charge on any atom is -0.481 e. The Morgan fingerprint density at radius 3 is 2.67 bits per heavy atom. The van der Waals surface area contributed by atoms with Crippen molar-refractivity contribution >= 4 is 11.9 Å². The normalized spacial score (nSPS) is 27.4. The molecule has 0 aromatic rings. The Kier molecular flexibility index (Phi) is 4.19. The van der Waals surface area contributed by atoms with Gasteiger partial charge >= 0.3 is 5.97 Å². The molecule has 102 valence electrons. The molecule has 0 spiro atoms. The van der Waals surface area contributed by atoms with Gasteiger partial charge in [-0.2, -0.15) is 0 Å². The van der Waals surface area contributed by atoms with Crippen LogP contribution in [0.2, 0.25) is 0 Å². The van der Waals surface area contributed by atoms with Gasteiger partial charge in [-0.3, -0.25) is 14.5 Å². The minimum atomic E-state index is -0.849. The highest BCUT2D eigenvalue weighted by Crippen LogP contribution is 2.21. The third-order valence-corrected chi connectivity index (χ3v) is 3.53. The van der Waals surface area contributed by atoms with E-state index >= 15 is 0 Å². The number of amides is 1. The molecule has 0 aromatic heterocycles. The van der Waals surface area contributed by atoms with E-state index in [9.17, 15) is 9.59 Å². The zero-order valence-electron chi connectivity index (χ0n) is 10.6. The molecular weight excluding hydrogens is 236 g/mol. The van der Waals surface area contributed by atoms with Gasteiger partial charge in [-0.15, -0.1) is 0 Å². The summed E-state index contributed by atoms with van der Waals surface area (Å²) in [5, 5.41) is 12.0. The van der Waals surface area contributed by atoms with Gasteiger partial charge in [0.05, 0.1) is 25.7 Å². The number of ether oxygens (including phenoxy) is 1. The predicted octanol–water partition coefficient (Wildman–Crippen LogP) is -0.313. The van der Waals surface area contributed by atoms with Crippen molar-refractivity contribution < 1.29 is 19.4 Å². The minimum absolute atomic E-state index is 0.0182. The summed E-state index contributed by atoms with van der Waals surface area (Å²) in [4.78, 5) is 24.7. The lowest BCUT2D eigenvalue weighted by molar-refractivity contribution is -0.143. The van der Waals surface area contributed by atoms with Crippen molar-refractivity contribution in [1.82, 2.24) is 10.2 Å². The second kappa shape index (κ2) is 5.67. The number of aliphatic carboxylic acids is 1. The van der Waals surface area contributed by atoms with Gasteiger partial charge in [-0.25, -0.2) is 0 Å². The Morgan fingerprint density at radius 2 is 2.11 bits per heavy atom. The van der Waals surface area contributed by atoms with E-state index in [-0.39, 0.29) is 25.1 Å². The smallest absolute Gasteiger partial charge is 0.310 e. The fraction of sp³-hybridized carbons (Fsp3) is 0.833. The fourth-order valence-electron chi connectivity index (χ4n) is 2.29. The van der Waals surface area contributed by atoms with E-state index in [0.29, 0.717) is 19.2 Å². The largest absolute Gasteiger partial charge is 0.481 e. The summed E-state index contributed by atoms with van der Waals surface area (Å²) >= 11 is 0. The van der Waals surface area contributed by atoms with Crippen LogP contribution in [0, 0.1) is 5.92 Å². The van der Waals surface area contributed by atoms with Crippen molar-refractivity contribution in [1.29, 1.82) is 0 Å². The lowest BCUT2D eigenvalue weighted by atomic mass is 10.0. The van der Waals surface area contributed by atoms with Crippen LogP contribution in [0.25, 0.3) is 0 Å². The molecule has 1 saturated carbocycles. The van der Waals surface area contributed by atoms with Crippen LogP contribution >= 0.6 is 0 Å². The number of nitrogens with one attached hydrogen (secondary N) is 1. The quantitative estimate of drug-likeness (QED) is 0.681. The van der Waals surface area contributed by atoms with Crippen molar-refractivity contribution in [3.8, 4) is 0 Å². The van der Waals surface area contributed by atoms with Gasteiger partial charge < -0.3 is 15.2 Å². The van der Waals surface area contributed by atoms with Crippen LogP contribution in [-0.4, -0.2) is 60.3 Å². The number of rotatable bonds is 6. The third kappa shape index (κ3) is 3.20. The third-order valence-electron chi connectivity index (χ3n) is 3.53. The Balaban J connectivity index is 1.89. The van der Waals surface area contributed by atoms with E-state index < -0.39 is 11.9 Å². The first kappa shape index (κ1) is 13.3. The molecule has 18 heavy (non-hydrogen) atoms. The van der Waals surface area contributed by atoms with Gasteiger partial charge in [0.2, 0.25) is 5.91 Å². The van der Waals surface area contributed by atoms with Gasteiger partial charge in [-0.1, -0.05) is 6.92 Å². The van der Waals surface area contributed by atoms with Crippen LogP contribution in [0.15, 0.2) is 0 Å². The Hall–Kier alpha value is -1.14. The number of hydrogen-bond donors (Lipinski definition) is 2. The van der Waals surface area contributed by atoms with Crippen LogP contribution in [0.3, 0.4) is 0 Å². The average Bonchev–Trinajstić information content (AvgIpc) is 2.98. The highest BCUT2D eigenvalue weighted by molar-refractivity contribution is 5.79. The van der Waals surface area contributed by atoms with E-state index in [0.717, 1.165) is 12.8 Å². The average molecular weight is 256 g/mol. The van der Waals surface area contributed by atoms with Crippen molar-refractivity contribution in [2.45, 2.75) is 31.8 Å². The maximum Gasteiger partial charge on any atom is 0.310 e. The zero-order chi connectivity index (χ0) is 13.1. The van der Waals surface area contributed by atoms with Crippen LogP contribution in [0.5, 0.6) is 0 Å². The Bertz CT molecular complexity index is 330. The molecule has 1 saturated heterocycles. The molecule has 2 aliphatic rings. The zero-order valence-corrected chi connectivity index (χ0v) is 10.6. The highest BCUT2D eigenvalue weighted by atomic mass is 16.5. The first-order valence-electron chi connectivity index (χ1n) is 6.45. The highest BCUT2D eigenvalue weighted by Gasteiger charge is 2.38. The second-order valence-electron chi connectivity index (χ2n) is 4.95. The van der Waals surface area contributed by atoms with E-state index in [2.05, 4.69) is 5.32 Å². The molecule has 1 amide bonds. The summed E-state index contributed by atoms with van der Waals surface area (Å²) < 4.78 is 5.23. The van der Waals surface area contributed by atoms with E-state index in [1.54, 1.807) is 0 Å². The molecule has 6 heteroatoms. The van der Waals surface area contributed by atoms with Gasteiger partial charge in [0, 0.05) is 12.1 Å². The van der Waals surface area contributed by atoms with E-state index in [1.807, 2.05) is 11.8 Å². The van der Waals surface area contributed by atoms with Crippen molar-refractivity contribution in [3.63, 3.8) is 0 Å². The molecule has 1 heterocycles. The lowest BCUT2D eigenvalue weighted by Crippen LogP contribution is -2.48. The summed E-state index contributed by atoms with van der Waals surface area (Å²) in [7, 11) is 0. The Morgan fingerprint density at radius 1 is 1.39 bits per heavy atom. The Labute approximate surface area is 106 Å². The summed E-state index contributed by atoms with van der Waals surface area (Å²) in [5.41, 5.74) is 0. The molecule has 6 nitrogen and oxygen atoms in total. The van der Waals surface area contributed by atoms with Gasteiger partial charge in [-0.05, 0) is 19.4 Å². The number of likely N-dealkylation sites (N-methyl/N-ethyl adjacent to an activating group) is 1. The molecule has 2 rings (SSSR count). The van der Waals surface area contributed by atoms with Crippen LogP contribution in [0.4, 0.5) is 0 Å².